The highest BCUT2D eigenvalue weighted by molar-refractivity contribution is 5.74. The summed E-state index contributed by atoms with van der Waals surface area (Å²) < 4.78 is 7.08. The maximum Gasteiger partial charge on any atom is 0.312 e. The van der Waals surface area contributed by atoms with Gasteiger partial charge in [-0.3, -0.25) is 4.79 Å². The molecule has 1 aromatic rings. The Morgan fingerprint density at radius 1 is 1.58 bits per heavy atom. The molecule has 1 aliphatic heterocycles. The van der Waals surface area contributed by atoms with Crippen molar-refractivity contribution in [2.45, 2.75) is 39.2 Å². The van der Waals surface area contributed by atoms with Crippen molar-refractivity contribution >= 4 is 11.8 Å². The Bertz CT molecular complexity index is 497. The van der Waals surface area contributed by atoms with Gasteiger partial charge in [0.25, 0.3) is 0 Å². The number of carbonyl (C=O) groups excluding carboxylic acids is 1. The van der Waals surface area contributed by atoms with Crippen LogP contribution in [-0.2, 0) is 9.53 Å². The monoisotopic (exact) mass is 263 g/mol. The average Bonchev–Trinajstić information content (AvgIpc) is 2.94. The lowest BCUT2D eigenvalue weighted by Crippen LogP contribution is -2.37. The fraction of sp³-hybridized carbons (Fsp3) is 0.714. The van der Waals surface area contributed by atoms with E-state index >= 15 is 0 Å². The number of hydrogen-bond acceptors (Lipinski definition) is 4. The third kappa shape index (κ3) is 2.11. The maximum atomic E-state index is 11.9. The Labute approximate surface area is 113 Å². The Kier molecular flexibility index (Phi) is 2.99. The third-order valence-electron chi connectivity index (χ3n) is 4.30. The molecule has 3 rings (SSSR count). The molecule has 0 amide bonds. The fourth-order valence-corrected chi connectivity index (χ4v) is 2.86. The zero-order chi connectivity index (χ0) is 13.6. The van der Waals surface area contributed by atoms with Crippen molar-refractivity contribution in [1.29, 1.82) is 0 Å². The van der Waals surface area contributed by atoms with Crippen LogP contribution in [0.15, 0.2) is 6.07 Å². The van der Waals surface area contributed by atoms with Crippen molar-refractivity contribution in [3.8, 4) is 0 Å². The largest absolute Gasteiger partial charge is 0.466 e. The molecule has 2 heterocycles. The first-order valence-electron chi connectivity index (χ1n) is 7.11. The Balaban J connectivity index is 1.80. The molecule has 1 N–H and O–H groups in total. The van der Waals surface area contributed by atoms with Gasteiger partial charge in [0.2, 0.25) is 0 Å². The third-order valence-corrected chi connectivity index (χ3v) is 4.30. The lowest BCUT2D eigenvalue weighted by Gasteiger charge is -2.29. The number of nitrogens with zero attached hydrogens (tertiary/aromatic N) is 2. The molecule has 1 aliphatic carbocycles. The van der Waals surface area contributed by atoms with Crippen LogP contribution in [-0.4, -0.2) is 28.9 Å². The van der Waals surface area contributed by atoms with Crippen molar-refractivity contribution in [2.75, 3.05) is 18.5 Å². The Morgan fingerprint density at radius 3 is 2.95 bits per heavy atom. The number of esters is 1. The van der Waals surface area contributed by atoms with Gasteiger partial charge in [0, 0.05) is 18.5 Å². The predicted molar refractivity (Wildman–Crippen MR) is 72.1 cm³/mol. The van der Waals surface area contributed by atoms with E-state index in [1.54, 1.807) is 0 Å². The van der Waals surface area contributed by atoms with Crippen LogP contribution < -0.4 is 5.32 Å². The number of nitrogens with one attached hydrogen (secondary N) is 1. The summed E-state index contributed by atoms with van der Waals surface area (Å²) in [4.78, 5) is 11.9. The summed E-state index contributed by atoms with van der Waals surface area (Å²) in [6.07, 6.45) is 1.23. The minimum atomic E-state index is -0.156. The first kappa shape index (κ1) is 12.5. The van der Waals surface area contributed by atoms with E-state index in [1.807, 2.05) is 18.5 Å². The van der Waals surface area contributed by atoms with E-state index in [4.69, 9.17) is 4.74 Å². The molecule has 5 heteroatoms. The zero-order valence-corrected chi connectivity index (χ0v) is 11.7. The van der Waals surface area contributed by atoms with E-state index in [9.17, 15) is 4.79 Å². The van der Waals surface area contributed by atoms with Gasteiger partial charge in [-0.15, -0.1) is 0 Å². The molecule has 1 fully saturated rings. The molecule has 19 heavy (non-hydrogen) atoms. The average molecular weight is 263 g/mol. The minimum Gasteiger partial charge on any atom is -0.466 e. The highest BCUT2D eigenvalue weighted by Crippen LogP contribution is 2.47. The summed E-state index contributed by atoms with van der Waals surface area (Å²) in [5, 5.41) is 7.98. The fourth-order valence-electron chi connectivity index (χ4n) is 2.86. The standard InChI is InChI=1S/C14H21N3O2/c1-4-19-14(18)11-7-15-13-6-12(10-5-8(10)2)16-17(13)9(11)3/h6,8-11,15H,4-5,7H2,1-3H3. The minimum absolute atomic E-state index is 0.0538. The number of carbonyl (C=O) groups is 1. The number of aromatic nitrogens is 2. The van der Waals surface area contributed by atoms with Gasteiger partial charge < -0.3 is 10.1 Å². The van der Waals surface area contributed by atoms with E-state index in [2.05, 4.69) is 23.4 Å². The predicted octanol–water partition coefficient (Wildman–Crippen LogP) is 2.17. The lowest BCUT2D eigenvalue weighted by atomic mass is 10.00. The van der Waals surface area contributed by atoms with E-state index in [1.165, 1.54) is 6.42 Å². The second kappa shape index (κ2) is 4.54. The van der Waals surface area contributed by atoms with Crippen molar-refractivity contribution in [2.24, 2.45) is 11.8 Å². The van der Waals surface area contributed by atoms with Gasteiger partial charge in [-0.2, -0.15) is 5.10 Å². The van der Waals surface area contributed by atoms with Crippen molar-refractivity contribution in [3.63, 3.8) is 0 Å². The quantitative estimate of drug-likeness (QED) is 0.849. The van der Waals surface area contributed by atoms with Crippen LogP contribution in [0.3, 0.4) is 0 Å². The first-order chi connectivity index (χ1) is 9.11. The van der Waals surface area contributed by atoms with E-state index < -0.39 is 0 Å². The highest BCUT2D eigenvalue weighted by Gasteiger charge is 2.39. The molecule has 1 aromatic heterocycles. The van der Waals surface area contributed by atoms with E-state index in [-0.39, 0.29) is 17.9 Å². The molecule has 5 nitrogen and oxygen atoms in total. The van der Waals surface area contributed by atoms with Gasteiger partial charge in [0.05, 0.1) is 24.3 Å². The smallest absolute Gasteiger partial charge is 0.312 e. The summed E-state index contributed by atoms with van der Waals surface area (Å²) in [6.45, 7) is 7.19. The molecule has 104 valence electrons. The molecule has 0 spiro atoms. The Morgan fingerprint density at radius 2 is 2.32 bits per heavy atom. The topological polar surface area (TPSA) is 56.1 Å². The molecule has 0 aromatic carbocycles. The van der Waals surface area contributed by atoms with Crippen molar-refractivity contribution in [1.82, 2.24) is 9.78 Å². The van der Waals surface area contributed by atoms with Gasteiger partial charge >= 0.3 is 5.97 Å². The van der Waals surface area contributed by atoms with Crippen LogP contribution in [0.4, 0.5) is 5.82 Å². The molecule has 4 unspecified atom stereocenters. The molecule has 0 radical (unpaired) electrons. The second-order valence-corrected chi connectivity index (χ2v) is 5.70. The maximum absolute atomic E-state index is 11.9. The van der Waals surface area contributed by atoms with E-state index in [0.29, 0.717) is 19.1 Å². The molecule has 2 aliphatic rings. The number of anilines is 1. The summed E-state index contributed by atoms with van der Waals surface area (Å²) in [7, 11) is 0. The van der Waals surface area contributed by atoms with Crippen LogP contribution in [0.1, 0.15) is 44.8 Å². The molecular formula is C14H21N3O2. The highest BCUT2D eigenvalue weighted by atomic mass is 16.5. The lowest BCUT2D eigenvalue weighted by molar-refractivity contribution is -0.149. The number of fused-ring (bicyclic) bond motifs is 1. The SMILES string of the molecule is CCOC(=O)C1CNc2cc(C3CC3C)nn2C1C. The van der Waals surface area contributed by atoms with E-state index in [0.717, 1.165) is 17.4 Å². The molecule has 0 bridgehead atoms. The summed E-state index contributed by atoms with van der Waals surface area (Å²) >= 11 is 0. The van der Waals surface area contributed by atoms with Crippen LogP contribution in [0.25, 0.3) is 0 Å². The van der Waals surface area contributed by atoms with Crippen molar-refractivity contribution < 1.29 is 9.53 Å². The van der Waals surface area contributed by atoms with Crippen LogP contribution in [0.2, 0.25) is 0 Å². The van der Waals surface area contributed by atoms with Crippen molar-refractivity contribution in [3.05, 3.63) is 11.8 Å². The van der Waals surface area contributed by atoms with Gasteiger partial charge in [-0.25, -0.2) is 4.68 Å². The van der Waals surface area contributed by atoms with Gasteiger partial charge in [-0.05, 0) is 26.2 Å². The van der Waals surface area contributed by atoms with Crippen LogP contribution in [0.5, 0.6) is 0 Å². The van der Waals surface area contributed by atoms with Crippen LogP contribution in [0, 0.1) is 11.8 Å². The summed E-state index contributed by atoms with van der Waals surface area (Å²) in [5.74, 6) is 2.09. The Hall–Kier alpha value is -1.52. The molecular weight excluding hydrogens is 242 g/mol. The van der Waals surface area contributed by atoms with Gasteiger partial charge in [0.15, 0.2) is 0 Å². The summed E-state index contributed by atoms with van der Waals surface area (Å²) in [5.41, 5.74) is 1.16. The first-order valence-corrected chi connectivity index (χ1v) is 7.11. The molecule has 1 saturated carbocycles. The molecule has 0 saturated heterocycles. The zero-order valence-electron chi connectivity index (χ0n) is 11.7. The molecule has 4 atom stereocenters. The normalized spacial score (nSPS) is 32.4. The van der Waals surface area contributed by atoms with Crippen LogP contribution >= 0.6 is 0 Å². The summed E-state index contributed by atoms with van der Waals surface area (Å²) in [6, 6.07) is 2.18. The number of rotatable bonds is 3. The van der Waals surface area contributed by atoms with Gasteiger partial charge in [0.1, 0.15) is 5.82 Å². The number of hydrogen-bond donors (Lipinski definition) is 1. The number of ether oxygens (including phenoxy) is 1. The van der Waals surface area contributed by atoms with Gasteiger partial charge in [-0.1, -0.05) is 6.92 Å². The second-order valence-electron chi connectivity index (χ2n) is 5.70.